The van der Waals surface area contributed by atoms with Crippen molar-refractivity contribution < 1.29 is 19.4 Å². The zero-order chi connectivity index (χ0) is 10.7. The van der Waals surface area contributed by atoms with Crippen LogP contribution in [0.2, 0.25) is 0 Å². The van der Waals surface area contributed by atoms with Crippen molar-refractivity contribution in [3.05, 3.63) is 35.4 Å². The second kappa shape index (κ2) is 4.42. The van der Waals surface area contributed by atoms with Gasteiger partial charge in [-0.25, -0.2) is 4.79 Å². The zero-order valence-electron chi connectivity index (χ0n) is 8.18. The molecule has 0 unspecified atom stereocenters. The summed E-state index contributed by atoms with van der Waals surface area (Å²) in [6.45, 7) is 1.27. The molecule has 4 heteroatoms. The number of rotatable bonds is 3. The highest BCUT2D eigenvalue weighted by Gasteiger charge is 2.16. The van der Waals surface area contributed by atoms with Gasteiger partial charge in [-0.05, 0) is 17.7 Å². The molecule has 1 aromatic rings. The summed E-state index contributed by atoms with van der Waals surface area (Å²) >= 11 is 0. The summed E-state index contributed by atoms with van der Waals surface area (Å²) in [6, 6.07) is 6.75. The molecule has 0 saturated carbocycles. The van der Waals surface area contributed by atoms with Crippen LogP contribution in [-0.2, 0) is 15.9 Å². The second-order valence-corrected chi connectivity index (χ2v) is 3.38. The van der Waals surface area contributed by atoms with Gasteiger partial charge in [0, 0.05) is 6.42 Å². The summed E-state index contributed by atoms with van der Waals surface area (Å²) in [4.78, 5) is 10.6. The van der Waals surface area contributed by atoms with Gasteiger partial charge in [-0.1, -0.05) is 12.1 Å². The number of carbonyl (C=O) groups is 1. The molecule has 4 nitrogen and oxygen atoms in total. The Morgan fingerprint density at radius 3 is 2.40 bits per heavy atom. The van der Waals surface area contributed by atoms with Crippen molar-refractivity contribution in [1.29, 1.82) is 0 Å². The molecule has 0 aromatic heterocycles. The van der Waals surface area contributed by atoms with Crippen LogP contribution < -0.4 is 0 Å². The summed E-state index contributed by atoms with van der Waals surface area (Å²) in [5, 5.41) is 8.71. The Labute approximate surface area is 87.4 Å². The zero-order valence-corrected chi connectivity index (χ0v) is 8.18. The van der Waals surface area contributed by atoms with Crippen LogP contribution in [0.25, 0.3) is 0 Å². The summed E-state index contributed by atoms with van der Waals surface area (Å²) in [5.41, 5.74) is 1.32. The third-order valence-electron chi connectivity index (χ3n) is 2.29. The smallest absolute Gasteiger partial charge is 0.335 e. The number of hydrogen-bond acceptors (Lipinski definition) is 3. The lowest BCUT2D eigenvalue weighted by molar-refractivity contribution is -0.0399. The van der Waals surface area contributed by atoms with Crippen molar-refractivity contribution >= 4 is 5.97 Å². The predicted molar refractivity (Wildman–Crippen MR) is 52.8 cm³/mol. The van der Waals surface area contributed by atoms with Gasteiger partial charge in [-0.15, -0.1) is 0 Å². The van der Waals surface area contributed by atoms with Gasteiger partial charge in [0.25, 0.3) is 0 Å². The van der Waals surface area contributed by atoms with Crippen LogP contribution in [0.4, 0.5) is 0 Å². The SMILES string of the molecule is O=C(O)c1ccc(CC2OCCO2)cc1. The lowest BCUT2D eigenvalue weighted by Crippen LogP contribution is -2.11. The van der Waals surface area contributed by atoms with Crippen LogP contribution in [0.15, 0.2) is 24.3 Å². The van der Waals surface area contributed by atoms with Gasteiger partial charge in [-0.2, -0.15) is 0 Å². The molecule has 1 aliphatic rings. The van der Waals surface area contributed by atoms with Gasteiger partial charge in [0.05, 0.1) is 18.8 Å². The maximum Gasteiger partial charge on any atom is 0.335 e. The van der Waals surface area contributed by atoms with Crippen LogP contribution in [0.5, 0.6) is 0 Å². The molecule has 15 heavy (non-hydrogen) atoms. The number of aromatic carboxylic acids is 1. The topological polar surface area (TPSA) is 55.8 Å². The van der Waals surface area contributed by atoms with Crippen molar-refractivity contribution in [2.24, 2.45) is 0 Å². The number of carboxylic acids is 1. The van der Waals surface area contributed by atoms with E-state index in [1.165, 1.54) is 0 Å². The number of hydrogen-bond donors (Lipinski definition) is 1. The molecule has 80 valence electrons. The Balaban J connectivity index is 2.00. The van der Waals surface area contributed by atoms with Crippen molar-refractivity contribution in [2.75, 3.05) is 13.2 Å². The fourth-order valence-electron chi connectivity index (χ4n) is 1.50. The van der Waals surface area contributed by atoms with Crippen LogP contribution in [-0.4, -0.2) is 30.6 Å². The van der Waals surface area contributed by atoms with Crippen molar-refractivity contribution in [2.45, 2.75) is 12.7 Å². The molecule has 2 rings (SSSR count). The summed E-state index contributed by atoms with van der Waals surface area (Å²) in [5.74, 6) is -0.907. The molecule has 1 aromatic carbocycles. The van der Waals surface area contributed by atoms with E-state index in [1.807, 2.05) is 0 Å². The molecular formula is C11H12O4. The molecule has 0 aliphatic carbocycles. The Morgan fingerprint density at radius 2 is 1.87 bits per heavy atom. The summed E-state index contributed by atoms with van der Waals surface area (Å²) in [7, 11) is 0. The van der Waals surface area contributed by atoms with E-state index in [-0.39, 0.29) is 6.29 Å². The molecule has 0 amide bonds. The Bertz CT molecular complexity index is 338. The van der Waals surface area contributed by atoms with Gasteiger partial charge in [0.1, 0.15) is 0 Å². The minimum Gasteiger partial charge on any atom is -0.478 e. The highest BCUT2D eigenvalue weighted by atomic mass is 16.7. The first-order valence-corrected chi connectivity index (χ1v) is 4.81. The predicted octanol–water partition coefficient (Wildman–Crippen LogP) is 1.30. The molecule has 0 bridgehead atoms. The van der Waals surface area contributed by atoms with Crippen LogP contribution in [0.3, 0.4) is 0 Å². The van der Waals surface area contributed by atoms with Crippen LogP contribution >= 0.6 is 0 Å². The van der Waals surface area contributed by atoms with E-state index >= 15 is 0 Å². The minimum atomic E-state index is -0.907. The van der Waals surface area contributed by atoms with Crippen LogP contribution in [0, 0.1) is 0 Å². The molecule has 1 saturated heterocycles. The van der Waals surface area contributed by atoms with Gasteiger partial charge >= 0.3 is 5.97 Å². The van der Waals surface area contributed by atoms with E-state index < -0.39 is 5.97 Å². The molecule has 1 fully saturated rings. The minimum absolute atomic E-state index is 0.180. The van der Waals surface area contributed by atoms with Gasteiger partial charge < -0.3 is 14.6 Å². The van der Waals surface area contributed by atoms with Crippen molar-refractivity contribution in [3.8, 4) is 0 Å². The highest BCUT2D eigenvalue weighted by molar-refractivity contribution is 5.87. The highest BCUT2D eigenvalue weighted by Crippen LogP contribution is 2.12. The van der Waals surface area contributed by atoms with Gasteiger partial charge in [0.2, 0.25) is 0 Å². The molecule has 0 radical (unpaired) electrons. The maximum absolute atomic E-state index is 10.6. The summed E-state index contributed by atoms with van der Waals surface area (Å²) < 4.78 is 10.6. The van der Waals surface area contributed by atoms with E-state index in [4.69, 9.17) is 14.6 Å². The van der Waals surface area contributed by atoms with E-state index in [0.717, 1.165) is 5.56 Å². The van der Waals surface area contributed by atoms with E-state index in [1.54, 1.807) is 24.3 Å². The van der Waals surface area contributed by atoms with E-state index in [9.17, 15) is 4.79 Å². The average molecular weight is 208 g/mol. The lowest BCUT2D eigenvalue weighted by Gasteiger charge is -2.08. The van der Waals surface area contributed by atoms with Gasteiger partial charge in [-0.3, -0.25) is 0 Å². The molecule has 0 spiro atoms. The van der Waals surface area contributed by atoms with E-state index in [0.29, 0.717) is 25.2 Å². The number of ether oxygens (including phenoxy) is 2. The Kier molecular flexibility index (Phi) is 2.99. The van der Waals surface area contributed by atoms with Crippen molar-refractivity contribution in [1.82, 2.24) is 0 Å². The molecule has 1 heterocycles. The fourth-order valence-corrected chi connectivity index (χ4v) is 1.50. The first kappa shape index (κ1) is 10.1. The fraction of sp³-hybridized carbons (Fsp3) is 0.364. The Hall–Kier alpha value is -1.39. The summed E-state index contributed by atoms with van der Waals surface area (Å²) in [6.07, 6.45) is 0.487. The second-order valence-electron chi connectivity index (χ2n) is 3.38. The maximum atomic E-state index is 10.6. The molecule has 1 N–H and O–H groups in total. The van der Waals surface area contributed by atoms with Gasteiger partial charge in [0.15, 0.2) is 6.29 Å². The molecule has 0 atom stereocenters. The quantitative estimate of drug-likeness (QED) is 0.813. The third-order valence-corrected chi connectivity index (χ3v) is 2.29. The third kappa shape index (κ3) is 2.55. The number of carboxylic acid groups (broad SMARTS) is 1. The van der Waals surface area contributed by atoms with E-state index in [2.05, 4.69) is 0 Å². The molecular weight excluding hydrogens is 196 g/mol. The first-order valence-electron chi connectivity index (χ1n) is 4.81. The number of benzene rings is 1. The normalized spacial score (nSPS) is 16.8. The van der Waals surface area contributed by atoms with Crippen molar-refractivity contribution in [3.63, 3.8) is 0 Å². The Morgan fingerprint density at radius 1 is 1.27 bits per heavy atom. The largest absolute Gasteiger partial charge is 0.478 e. The lowest BCUT2D eigenvalue weighted by atomic mass is 10.1. The molecule has 1 aliphatic heterocycles. The first-order chi connectivity index (χ1) is 7.25. The average Bonchev–Trinajstić information content (AvgIpc) is 2.71. The standard InChI is InChI=1S/C11H12O4/c12-11(13)9-3-1-8(2-4-9)7-10-14-5-6-15-10/h1-4,10H,5-7H2,(H,12,13). The van der Waals surface area contributed by atoms with Crippen LogP contribution in [0.1, 0.15) is 15.9 Å². The monoisotopic (exact) mass is 208 g/mol.